The topological polar surface area (TPSA) is 51.1 Å². The fourth-order valence-electron chi connectivity index (χ4n) is 2.89. The van der Waals surface area contributed by atoms with Crippen LogP contribution in [0.15, 0.2) is 59.5 Å². The van der Waals surface area contributed by atoms with Gasteiger partial charge in [0.05, 0.1) is 11.6 Å². The van der Waals surface area contributed by atoms with Crippen LogP contribution in [-0.4, -0.2) is 10.5 Å². The highest BCUT2D eigenvalue weighted by Gasteiger charge is 2.17. The van der Waals surface area contributed by atoms with Crippen LogP contribution in [0.25, 0.3) is 10.9 Å². The SMILES string of the molecule is CCn1cc(C(=O)N[C@@H](C)c2ccccc2)c(=O)c2cc(Cl)ccc21. The van der Waals surface area contributed by atoms with Crippen molar-refractivity contribution in [2.24, 2.45) is 0 Å². The van der Waals surface area contributed by atoms with Crippen LogP contribution in [0.2, 0.25) is 5.02 Å². The van der Waals surface area contributed by atoms with Crippen LogP contribution in [0.4, 0.5) is 0 Å². The Hall–Kier alpha value is -2.59. The second kappa shape index (κ2) is 7.11. The van der Waals surface area contributed by atoms with E-state index in [0.29, 0.717) is 17.0 Å². The number of fused-ring (bicyclic) bond motifs is 1. The number of halogens is 1. The van der Waals surface area contributed by atoms with E-state index in [9.17, 15) is 9.59 Å². The fraction of sp³-hybridized carbons (Fsp3) is 0.200. The van der Waals surface area contributed by atoms with E-state index in [2.05, 4.69) is 5.32 Å². The first-order valence-electron chi connectivity index (χ1n) is 8.19. The van der Waals surface area contributed by atoms with Crippen molar-refractivity contribution in [1.82, 2.24) is 9.88 Å². The molecule has 0 unspecified atom stereocenters. The molecule has 0 spiro atoms. The molecule has 0 aliphatic carbocycles. The molecule has 0 aliphatic rings. The summed E-state index contributed by atoms with van der Waals surface area (Å²) in [6, 6.07) is 14.6. The third-order valence-electron chi connectivity index (χ3n) is 4.27. The lowest BCUT2D eigenvalue weighted by molar-refractivity contribution is 0.0938. The van der Waals surface area contributed by atoms with Gasteiger partial charge in [-0.25, -0.2) is 0 Å². The molecule has 4 nitrogen and oxygen atoms in total. The van der Waals surface area contributed by atoms with Gasteiger partial charge in [-0.05, 0) is 37.6 Å². The van der Waals surface area contributed by atoms with E-state index < -0.39 is 0 Å². The molecule has 0 aliphatic heterocycles. The molecule has 0 saturated carbocycles. The molecule has 1 aromatic heterocycles. The molecule has 128 valence electrons. The van der Waals surface area contributed by atoms with E-state index in [-0.39, 0.29) is 22.9 Å². The molecule has 0 fully saturated rings. The summed E-state index contributed by atoms with van der Waals surface area (Å²) in [4.78, 5) is 25.5. The van der Waals surface area contributed by atoms with Crippen LogP contribution in [0.3, 0.4) is 0 Å². The zero-order chi connectivity index (χ0) is 18.0. The van der Waals surface area contributed by atoms with Crippen molar-refractivity contribution in [2.75, 3.05) is 0 Å². The van der Waals surface area contributed by atoms with Crippen molar-refractivity contribution < 1.29 is 4.79 Å². The molecule has 0 bridgehead atoms. The molecular formula is C20H19ClN2O2. The molecular weight excluding hydrogens is 336 g/mol. The third-order valence-corrected chi connectivity index (χ3v) is 4.51. The van der Waals surface area contributed by atoms with Gasteiger partial charge in [0.1, 0.15) is 5.56 Å². The number of pyridine rings is 1. The van der Waals surface area contributed by atoms with Crippen molar-refractivity contribution in [2.45, 2.75) is 26.4 Å². The number of rotatable bonds is 4. The minimum atomic E-state index is -0.384. The van der Waals surface area contributed by atoms with E-state index in [1.165, 1.54) is 0 Å². The standard InChI is InChI=1S/C20H19ClN2O2/c1-3-23-12-17(19(24)16-11-15(21)9-10-18(16)23)20(25)22-13(2)14-7-5-4-6-8-14/h4-13H,3H2,1-2H3,(H,22,25)/t13-/m0/s1. The average molecular weight is 355 g/mol. The lowest BCUT2D eigenvalue weighted by atomic mass is 10.1. The van der Waals surface area contributed by atoms with Crippen LogP contribution in [0, 0.1) is 0 Å². The number of aryl methyl sites for hydroxylation is 1. The Balaban J connectivity index is 2.01. The predicted octanol–water partition coefficient (Wildman–Crippen LogP) is 4.17. The maximum atomic E-state index is 12.8. The molecule has 2 aromatic carbocycles. The van der Waals surface area contributed by atoms with Crippen molar-refractivity contribution in [3.05, 3.63) is 81.1 Å². The fourth-order valence-corrected chi connectivity index (χ4v) is 3.06. The summed E-state index contributed by atoms with van der Waals surface area (Å²) < 4.78 is 1.88. The van der Waals surface area contributed by atoms with Crippen LogP contribution < -0.4 is 10.7 Å². The van der Waals surface area contributed by atoms with Crippen LogP contribution >= 0.6 is 11.6 Å². The van der Waals surface area contributed by atoms with Gasteiger partial charge in [-0.3, -0.25) is 9.59 Å². The van der Waals surface area contributed by atoms with Gasteiger partial charge in [-0.15, -0.1) is 0 Å². The van der Waals surface area contributed by atoms with Gasteiger partial charge in [0.2, 0.25) is 5.43 Å². The summed E-state index contributed by atoms with van der Waals surface area (Å²) in [6.07, 6.45) is 1.62. The Labute approximate surface area is 151 Å². The summed E-state index contributed by atoms with van der Waals surface area (Å²) in [6.45, 7) is 4.50. The zero-order valence-electron chi connectivity index (χ0n) is 14.1. The lowest BCUT2D eigenvalue weighted by Gasteiger charge is -2.16. The smallest absolute Gasteiger partial charge is 0.257 e. The summed E-state index contributed by atoms with van der Waals surface area (Å²) in [5.41, 5.74) is 1.57. The van der Waals surface area contributed by atoms with Gasteiger partial charge >= 0.3 is 0 Å². The van der Waals surface area contributed by atoms with Crippen LogP contribution in [-0.2, 0) is 6.54 Å². The molecule has 3 rings (SSSR count). The Morgan fingerprint density at radius 1 is 1.20 bits per heavy atom. The number of nitrogens with zero attached hydrogens (tertiary/aromatic N) is 1. The third kappa shape index (κ3) is 3.44. The highest BCUT2D eigenvalue weighted by molar-refractivity contribution is 6.31. The van der Waals surface area contributed by atoms with Gasteiger partial charge in [-0.2, -0.15) is 0 Å². The number of amides is 1. The molecule has 5 heteroatoms. The second-order valence-electron chi connectivity index (χ2n) is 5.93. The number of carbonyl (C=O) groups is 1. The number of carbonyl (C=O) groups excluding carboxylic acids is 1. The minimum absolute atomic E-state index is 0.124. The molecule has 25 heavy (non-hydrogen) atoms. The molecule has 0 radical (unpaired) electrons. The summed E-state index contributed by atoms with van der Waals surface area (Å²) in [5.74, 6) is -0.384. The van der Waals surface area contributed by atoms with Crippen molar-refractivity contribution in [3.8, 4) is 0 Å². The molecule has 1 N–H and O–H groups in total. The molecule has 1 atom stereocenters. The number of hydrogen-bond donors (Lipinski definition) is 1. The summed E-state index contributed by atoms with van der Waals surface area (Å²) >= 11 is 6.03. The normalized spacial score (nSPS) is 12.1. The van der Waals surface area contributed by atoms with E-state index in [0.717, 1.165) is 11.1 Å². The highest BCUT2D eigenvalue weighted by Crippen LogP contribution is 2.18. The van der Waals surface area contributed by atoms with E-state index in [1.807, 2.05) is 48.7 Å². The first-order chi connectivity index (χ1) is 12.0. The first kappa shape index (κ1) is 17.2. The number of aromatic nitrogens is 1. The van der Waals surface area contributed by atoms with E-state index >= 15 is 0 Å². The Morgan fingerprint density at radius 2 is 1.92 bits per heavy atom. The summed E-state index contributed by atoms with van der Waals surface area (Å²) in [7, 11) is 0. The van der Waals surface area contributed by atoms with Crippen molar-refractivity contribution in [3.63, 3.8) is 0 Å². The zero-order valence-corrected chi connectivity index (χ0v) is 14.9. The second-order valence-corrected chi connectivity index (χ2v) is 6.36. The van der Waals surface area contributed by atoms with Gasteiger partial charge in [0.25, 0.3) is 5.91 Å². The summed E-state index contributed by atoms with van der Waals surface area (Å²) in [5, 5.41) is 3.83. The van der Waals surface area contributed by atoms with Gasteiger partial charge in [0, 0.05) is 23.2 Å². The van der Waals surface area contributed by atoms with E-state index in [4.69, 9.17) is 11.6 Å². The quantitative estimate of drug-likeness (QED) is 0.764. The maximum Gasteiger partial charge on any atom is 0.257 e. The largest absolute Gasteiger partial charge is 0.347 e. The Kier molecular flexibility index (Phi) is 4.91. The maximum absolute atomic E-state index is 12.8. The average Bonchev–Trinajstić information content (AvgIpc) is 2.63. The molecule has 1 amide bonds. The van der Waals surface area contributed by atoms with Crippen molar-refractivity contribution >= 4 is 28.4 Å². The number of benzene rings is 2. The molecule has 3 aromatic rings. The Bertz CT molecular complexity index is 980. The van der Waals surface area contributed by atoms with Gasteiger partial charge < -0.3 is 9.88 Å². The van der Waals surface area contributed by atoms with Crippen LogP contribution in [0.5, 0.6) is 0 Å². The highest BCUT2D eigenvalue weighted by atomic mass is 35.5. The van der Waals surface area contributed by atoms with Crippen molar-refractivity contribution in [1.29, 1.82) is 0 Å². The van der Waals surface area contributed by atoms with Gasteiger partial charge in [0.15, 0.2) is 0 Å². The first-order valence-corrected chi connectivity index (χ1v) is 8.57. The van der Waals surface area contributed by atoms with E-state index in [1.54, 1.807) is 24.4 Å². The number of hydrogen-bond acceptors (Lipinski definition) is 2. The lowest BCUT2D eigenvalue weighted by Crippen LogP contribution is -2.31. The Morgan fingerprint density at radius 3 is 2.60 bits per heavy atom. The van der Waals surface area contributed by atoms with Crippen LogP contribution in [0.1, 0.15) is 35.8 Å². The number of nitrogens with one attached hydrogen (secondary N) is 1. The monoisotopic (exact) mass is 354 g/mol. The van der Waals surface area contributed by atoms with Gasteiger partial charge in [-0.1, -0.05) is 41.9 Å². The molecule has 1 heterocycles. The molecule has 0 saturated heterocycles. The predicted molar refractivity (Wildman–Crippen MR) is 101 cm³/mol. The minimum Gasteiger partial charge on any atom is -0.347 e.